The van der Waals surface area contributed by atoms with Crippen LogP contribution in [0.5, 0.6) is 5.75 Å². The van der Waals surface area contributed by atoms with Gasteiger partial charge in [-0.1, -0.05) is 39.0 Å². The molecule has 2 aliphatic rings. The van der Waals surface area contributed by atoms with E-state index in [0.29, 0.717) is 12.6 Å². The van der Waals surface area contributed by atoms with Crippen LogP contribution < -0.4 is 26.0 Å². The number of carbonyl (C=O) groups excluding carboxylic acids is 1. The zero-order valence-electron chi connectivity index (χ0n) is 23.3. The van der Waals surface area contributed by atoms with Crippen molar-refractivity contribution in [3.05, 3.63) is 72.5 Å². The summed E-state index contributed by atoms with van der Waals surface area (Å²) in [7, 11) is 2.03. The number of ether oxygens (including phenoxy) is 1. The van der Waals surface area contributed by atoms with Gasteiger partial charge in [0.25, 0.3) is 0 Å². The third-order valence-corrected chi connectivity index (χ3v) is 7.81. The van der Waals surface area contributed by atoms with E-state index in [2.05, 4.69) is 89.1 Å². The highest BCUT2D eigenvalue weighted by Gasteiger charge is 2.41. The third kappa shape index (κ3) is 5.96. The SMILES string of the molecule is Cn1c(Nc2cccc(C(C)(C)C)c2)nc2cc(OC3(C4CCNC(CCNC=O)C4)C=CC=CN3)ccc21. The molecule has 4 N–H and O–H groups in total. The van der Waals surface area contributed by atoms with Crippen molar-refractivity contribution < 1.29 is 9.53 Å². The van der Waals surface area contributed by atoms with Crippen LogP contribution in [0.1, 0.15) is 45.6 Å². The topological polar surface area (TPSA) is 92.2 Å². The molecule has 1 fully saturated rings. The molecule has 8 heteroatoms. The van der Waals surface area contributed by atoms with Gasteiger partial charge in [0.05, 0.1) is 11.0 Å². The molecule has 0 radical (unpaired) electrons. The standard InChI is InChI=1S/C31H40N6O2/c1-30(2,3)22-8-7-9-25(18-22)35-29-36-27-20-26(10-11-28(27)37(29)4)39-31(14-5-6-15-34-31)23-12-17-33-24(19-23)13-16-32-21-38/h5-11,14-15,18,20-21,23-24,33-34H,12-13,16-17,19H2,1-4H3,(H,32,38)(H,35,36). The summed E-state index contributed by atoms with van der Waals surface area (Å²) in [6.07, 6.45) is 11.7. The Labute approximate surface area is 230 Å². The number of carbonyl (C=O) groups is 1. The number of anilines is 2. The van der Waals surface area contributed by atoms with Gasteiger partial charge in [-0.2, -0.15) is 0 Å². The van der Waals surface area contributed by atoms with Gasteiger partial charge in [0.2, 0.25) is 18.1 Å². The zero-order valence-corrected chi connectivity index (χ0v) is 23.3. The number of hydrogen-bond donors (Lipinski definition) is 4. The Balaban J connectivity index is 1.37. The zero-order chi connectivity index (χ0) is 27.5. The van der Waals surface area contributed by atoms with Crippen LogP contribution in [0.15, 0.2) is 66.9 Å². The normalized spacial score (nSPS) is 22.9. The maximum Gasteiger partial charge on any atom is 0.208 e. The van der Waals surface area contributed by atoms with Gasteiger partial charge in [0, 0.05) is 43.5 Å². The van der Waals surface area contributed by atoms with Crippen molar-refractivity contribution in [2.45, 2.75) is 57.2 Å². The molecular formula is C31H40N6O2. The quantitative estimate of drug-likeness (QED) is 0.234. The van der Waals surface area contributed by atoms with Gasteiger partial charge in [-0.3, -0.25) is 4.79 Å². The molecule has 1 saturated heterocycles. The largest absolute Gasteiger partial charge is 0.464 e. The molecule has 2 aliphatic heterocycles. The minimum absolute atomic E-state index is 0.0733. The smallest absolute Gasteiger partial charge is 0.208 e. The molecule has 206 valence electrons. The molecule has 3 aromatic rings. The van der Waals surface area contributed by atoms with E-state index < -0.39 is 5.72 Å². The predicted octanol–water partition coefficient (Wildman–Crippen LogP) is 4.87. The molecule has 8 nitrogen and oxygen atoms in total. The van der Waals surface area contributed by atoms with Crippen LogP contribution in [0.25, 0.3) is 11.0 Å². The Morgan fingerprint density at radius 1 is 1.21 bits per heavy atom. The molecule has 0 spiro atoms. The molecule has 0 bridgehead atoms. The second-order valence-corrected chi connectivity index (χ2v) is 11.6. The summed E-state index contributed by atoms with van der Waals surface area (Å²) in [4.78, 5) is 15.6. The van der Waals surface area contributed by atoms with Gasteiger partial charge >= 0.3 is 0 Å². The Morgan fingerprint density at radius 3 is 2.85 bits per heavy atom. The number of piperidine rings is 1. The second kappa shape index (κ2) is 11.1. The highest BCUT2D eigenvalue weighted by atomic mass is 16.5. The number of allylic oxidation sites excluding steroid dienone is 2. The summed E-state index contributed by atoms with van der Waals surface area (Å²) in [6.45, 7) is 8.23. The molecule has 3 heterocycles. The summed E-state index contributed by atoms with van der Waals surface area (Å²) in [5, 5.41) is 13.4. The van der Waals surface area contributed by atoms with Crippen molar-refractivity contribution in [2.75, 3.05) is 18.4 Å². The lowest BCUT2D eigenvalue weighted by Gasteiger charge is -2.44. The minimum atomic E-state index is -0.649. The number of benzene rings is 2. The first-order valence-corrected chi connectivity index (χ1v) is 13.8. The number of aromatic nitrogens is 2. The summed E-state index contributed by atoms with van der Waals surface area (Å²) in [5.74, 6) is 1.81. The van der Waals surface area contributed by atoms with Crippen LogP contribution in [0.3, 0.4) is 0 Å². The van der Waals surface area contributed by atoms with Crippen molar-refractivity contribution in [3.63, 3.8) is 0 Å². The maximum absolute atomic E-state index is 10.7. The first kappa shape index (κ1) is 26.8. The van der Waals surface area contributed by atoms with E-state index in [1.807, 2.05) is 31.5 Å². The van der Waals surface area contributed by atoms with E-state index in [1.165, 1.54) is 5.56 Å². The highest BCUT2D eigenvalue weighted by Crippen LogP contribution is 2.35. The summed E-state index contributed by atoms with van der Waals surface area (Å²) in [6, 6.07) is 14.9. The average molecular weight is 529 g/mol. The lowest BCUT2D eigenvalue weighted by Crippen LogP contribution is -2.57. The molecule has 1 amide bonds. The molecule has 2 aromatic carbocycles. The van der Waals surface area contributed by atoms with Gasteiger partial charge in [0.15, 0.2) is 0 Å². The van der Waals surface area contributed by atoms with Gasteiger partial charge < -0.3 is 30.6 Å². The van der Waals surface area contributed by atoms with Gasteiger partial charge in [-0.25, -0.2) is 4.98 Å². The first-order chi connectivity index (χ1) is 18.8. The minimum Gasteiger partial charge on any atom is -0.464 e. The number of aryl methyl sites for hydroxylation is 1. The van der Waals surface area contributed by atoms with E-state index in [4.69, 9.17) is 9.72 Å². The summed E-state index contributed by atoms with van der Waals surface area (Å²) in [5.41, 5.74) is 3.62. The molecule has 3 atom stereocenters. The number of rotatable bonds is 9. The van der Waals surface area contributed by atoms with E-state index in [9.17, 15) is 4.79 Å². The van der Waals surface area contributed by atoms with Crippen LogP contribution in [0, 0.1) is 5.92 Å². The molecule has 0 aliphatic carbocycles. The molecule has 39 heavy (non-hydrogen) atoms. The van der Waals surface area contributed by atoms with Crippen LogP contribution in [-0.2, 0) is 17.3 Å². The predicted molar refractivity (Wildman–Crippen MR) is 157 cm³/mol. The fourth-order valence-corrected chi connectivity index (χ4v) is 5.56. The van der Waals surface area contributed by atoms with Crippen molar-refractivity contribution in [3.8, 4) is 5.75 Å². The Bertz CT molecular complexity index is 1370. The molecule has 3 unspecified atom stereocenters. The van der Waals surface area contributed by atoms with Crippen LogP contribution >= 0.6 is 0 Å². The summed E-state index contributed by atoms with van der Waals surface area (Å²) < 4.78 is 8.84. The van der Waals surface area contributed by atoms with Crippen LogP contribution in [0.4, 0.5) is 11.6 Å². The summed E-state index contributed by atoms with van der Waals surface area (Å²) >= 11 is 0. The first-order valence-electron chi connectivity index (χ1n) is 13.8. The highest BCUT2D eigenvalue weighted by molar-refractivity contribution is 5.81. The lowest BCUT2D eigenvalue weighted by atomic mass is 9.81. The molecule has 0 saturated carbocycles. The van der Waals surface area contributed by atoms with E-state index in [1.54, 1.807) is 0 Å². The Morgan fingerprint density at radius 2 is 2.08 bits per heavy atom. The number of hydrogen-bond acceptors (Lipinski definition) is 6. The van der Waals surface area contributed by atoms with Crippen LogP contribution in [0.2, 0.25) is 0 Å². The fraction of sp³-hybridized carbons (Fsp3) is 0.419. The fourth-order valence-electron chi connectivity index (χ4n) is 5.56. The van der Waals surface area contributed by atoms with Crippen molar-refractivity contribution in [1.82, 2.24) is 25.5 Å². The molecule has 1 aromatic heterocycles. The lowest BCUT2D eigenvalue weighted by molar-refractivity contribution is -0.109. The van der Waals surface area contributed by atoms with E-state index in [-0.39, 0.29) is 11.3 Å². The third-order valence-electron chi connectivity index (χ3n) is 7.81. The van der Waals surface area contributed by atoms with Gasteiger partial charge in [-0.05, 0) is 73.2 Å². The van der Waals surface area contributed by atoms with Crippen LogP contribution in [-0.4, -0.2) is 40.8 Å². The Hall–Kier alpha value is -3.78. The number of fused-ring (bicyclic) bond motifs is 1. The number of imidazole rings is 1. The maximum atomic E-state index is 10.7. The molecular weight excluding hydrogens is 488 g/mol. The van der Waals surface area contributed by atoms with Gasteiger partial charge in [0.1, 0.15) is 5.75 Å². The number of amides is 1. The van der Waals surface area contributed by atoms with E-state index in [0.717, 1.165) is 60.6 Å². The number of nitrogens with one attached hydrogen (secondary N) is 4. The number of nitrogens with zero attached hydrogens (tertiary/aromatic N) is 2. The van der Waals surface area contributed by atoms with E-state index >= 15 is 0 Å². The van der Waals surface area contributed by atoms with Crippen molar-refractivity contribution in [1.29, 1.82) is 0 Å². The number of dihydropyridines is 1. The van der Waals surface area contributed by atoms with Crippen molar-refractivity contribution in [2.24, 2.45) is 13.0 Å². The van der Waals surface area contributed by atoms with Crippen molar-refractivity contribution >= 4 is 29.1 Å². The monoisotopic (exact) mass is 528 g/mol. The average Bonchev–Trinajstić information content (AvgIpc) is 3.23. The van der Waals surface area contributed by atoms with Gasteiger partial charge in [-0.15, -0.1) is 0 Å². The Kier molecular flexibility index (Phi) is 7.66. The molecule has 5 rings (SSSR count). The second-order valence-electron chi connectivity index (χ2n) is 11.6.